The molecular weight excluding hydrogens is 556 g/mol. The van der Waals surface area contributed by atoms with Crippen LogP contribution in [0.3, 0.4) is 0 Å². The molecule has 38 heavy (non-hydrogen) atoms. The fourth-order valence-corrected chi connectivity index (χ4v) is 4.66. The van der Waals surface area contributed by atoms with E-state index >= 15 is 8.78 Å². The van der Waals surface area contributed by atoms with Gasteiger partial charge in [0.05, 0.1) is 28.6 Å². The average Bonchev–Trinajstić information content (AvgIpc) is 2.82. The van der Waals surface area contributed by atoms with Gasteiger partial charge in [-0.15, -0.1) is 0 Å². The van der Waals surface area contributed by atoms with Crippen LogP contribution in [0.1, 0.15) is 23.1 Å². The summed E-state index contributed by atoms with van der Waals surface area (Å²) in [5, 5.41) is -0.580. The first-order chi connectivity index (χ1) is 17.7. The van der Waals surface area contributed by atoms with Crippen molar-refractivity contribution in [1.29, 1.82) is 0 Å². The quantitative estimate of drug-likeness (QED) is 0.182. The number of benzene rings is 3. The molecule has 0 aliphatic heterocycles. The SMILES string of the molecule is CS(=O)(=O)c1cccc(OCCCN(Cc2cccc(C(F)(F)F)c2Cl)CC(F)(F)c2ccc(F)cc2)c1. The maximum Gasteiger partial charge on any atom is 0.417 e. The summed E-state index contributed by atoms with van der Waals surface area (Å²) in [7, 11) is -3.46. The van der Waals surface area contributed by atoms with Gasteiger partial charge in [-0.25, -0.2) is 12.8 Å². The second-order valence-corrected chi connectivity index (χ2v) is 11.0. The molecule has 206 valence electrons. The number of ether oxygens (including phenoxy) is 1. The number of sulfone groups is 1. The van der Waals surface area contributed by atoms with E-state index in [9.17, 15) is 26.0 Å². The Labute approximate surface area is 221 Å². The molecule has 12 heteroatoms. The van der Waals surface area contributed by atoms with Gasteiger partial charge in [-0.1, -0.05) is 41.9 Å². The molecule has 0 spiro atoms. The highest BCUT2D eigenvalue weighted by atomic mass is 35.5. The van der Waals surface area contributed by atoms with Crippen molar-refractivity contribution >= 4 is 21.4 Å². The van der Waals surface area contributed by atoms with Crippen LogP contribution >= 0.6 is 11.6 Å². The van der Waals surface area contributed by atoms with Gasteiger partial charge in [-0.05, 0) is 48.4 Å². The molecule has 3 aromatic carbocycles. The number of halogens is 7. The molecule has 0 heterocycles. The van der Waals surface area contributed by atoms with Crippen molar-refractivity contribution in [3.63, 3.8) is 0 Å². The lowest BCUT2D eigenvalue weighted by atomic mass is 10.1. The van der Waals surface area contributed by atoms with Crippen molar-refractivity contribution in [2.24, 2.45) is 0 Å². The summed E-state index contributed by atoms with van der Waals surface area (Å²) in [5.41, 5.74) is -1.51. The molecule has 0 saturated carbocycles. The molecule has 0 amide bonds. The normalized spacial score (nSPS) is 12.7. The van der Waals surface area contributed by atoms with Gasteiger partial charge in [0.25, 0.3) is 5.92 Å². The standard InChI is InChI=1S/C26H24ClF6NO3S/c1-38(35,36)22-7-3-6-21(15-22)37-14-4-13-34(17-25(29,30)19-9-11-20(28)12-10-19)16-18-5-2-8-23(24(18)27)26(31,32)33/h2-3,5-12,15H,4,13-14,16-17H2,1H3. The zero-order chi connectivity index (χ0) is 28.1. The monoisotopic (exact) mass is 579 g/mol. The van der Waals surface area contributed by atoms with Gasteiger partial charge in [0, 0.05) is 24.9 Å². The lowest BCUT2D eigenvalue weighted by molar-refractivity contribution is -0.137. The third kappa shape index (κ3) is 8.12. The zero-order valence-corrected chi connectivity index (χ0v) is 21.7. The first-order valence-corrected chi connectivity index (χ1v) is 13.6. The summed E-state index contributed by atoms with van der Waals surface area (Å²) < 4.78 is 112. The summed E-state index contributed by atoms with van der Waals surface area (Å²) in [5.74, 6) is -3.88. The molecule has 4 nitrogen and oxygen atoms in total. The van der Waals surface area contributed by atoms with Gasteiger partial charge in [-0.2, -0.15) is 22.0 Å². The van der Waals surface area contributed by atoms with Crippen LogP contribution in [0.4, 0.5) is 26.3 Å². The van der Waals surface area contributed by atoms with E-state index in [0.29, 0.717) is 0 Å². The van der Waals surface area contributed by atoms with Crippen LogP contribution in [0, 0.1) is 5.82 Å². The van der Waals surface area contributed by atoms with E-state index in [-0.39, 0.29) is 42.3 Å². The molecule has 0 atom stereocenters. The molecule has 0 aliphatic carbocycles. The molecule has 0 unspecified atom stereocenters. The Morgan fingerprint density at radius 3 is 2.24 bits per heavy atom. The Bertz CT molecular complexity index is 1350. The van der Waals surface area contributed by atoms with Crippen molar-refractivity contribution in [3.8, 4) is 5.75 Å². The average molecular weight is 580 g/mol. The predicted octanol–water partition coefficient (Wildman–Crippen LogP) is 6.96. The molecule has 0 saturated heterocycles. The van der Waals surface area contributed by atoms with E-state index in [0.717, 1.165) is 42.7 Å². The van der Waals surface area contributed by atoms with E-state index in [1.807, 2.05) is 0 Å². The van der Waals surface area contributed by atoms with Crippen molar-refractivity contribution in [2.45, 2.75) is 30.0 Å². The fraction of sp³-hybridized carbons (Fsp3) is 0.308. The third-order valence-corrected chi connectivity index (χ3v) is 7.14. The van der Waals surface area contributed by atoms with Crippen LogP contribution in [0.15, 0.2) is 71.6 Å². The number of alkyl halides is 5. The molecule has 0 bridgehead atoms. The van der Waals surface area contributed by atoms with Crippen LogP contribution < -0.4 is 4.74 Å². The largest absolute Gasteiger partial charge is 0.494 e. The molecule has 0 aromatic heterocycles. The van der Waals surface area contributed by atoms with E-state index in [2.05, 4.69) is 0 Å². The minimum absolute atomic E-state index is 0.0122. The van der Waals surface area contributed by atoms with Gasteiger partial charge in [0.1, 0.15) is 11.6 Å². The second kappa shape index (κ2) is 12.0. The smallest absolute Gasteiger partial charge is 0.417 e. The molecule has 0 aliphatic rings. The Balaban J connectivity index is 1.77. The number of rotatable bonds is 11. The summed E-state index contributed by atoms with van der Waals surface area (Å²) in [6.45, 7) is -1.20. The topological polar surface area (TPSA) is 46.6 Å². The molecule has 3 rings (SSSR count). The predicted molar refractivity (Wildman–Crippen MR) is 132 cm³/mol. The van der Waals surface area contributed by atoms with Gasteiger partial charge < -0.3 is 4.74 Å². The first-order valence-electron chi connectivity index (χ1n) is 11.3. The highest BCUT2D eigenvalue weighted by molar-refractivity contribution is 7.90. The lowest BCUT2D eigenvalue weighted by Crippen LogP contribution is -2.36. The zero-order valence-electron chi connectivity index (χ0n) is 20.1. The Morgan fingerprint density at radius 2 is 1.61 bits per heavy atom. The summed E-state index contributed by atoms with van der Waals surface area (Å²) >= 11 is 5.99. The summed E-state index contributed by atoms with van der Waals surface area (Å²) in [4.78, 5) is 1.29. The molecular formula is C26H24ClF6NO3S. The highest BCUT2D eigenvalue weighted by Gasteiger charge is 2.36. The van der Waals surface area contributed by atoms with Crippen LogP contribution in [0.5, 0.6) is 5.75 Å². The Morgan fingerprint density at radius 1 is 0.947 bits per heavy atom. The van der Waals surface area contributed by atoms with E-state index < -0.39 is 50.4 Å². The van der Waals surface area contributed by atoms with Gasteiger partial charge in [-0.3, -0.25) is 4.90 Å². The minimum Gasteiger partial charge on any atom is -0.494 e. The minimum atomic E-state index is -4.72. The van der Waals surface area contributed by atoms with Crippen molar-refractivity contribution in [3.05, 3.63) is 94.3 Å². The maximum absolute atomic E-state index is 15.1. The third-order valence-electron chi connectivity index (χ3n) is 5.59. The van der Waals surface area contributed by atoms with Crippen LogP contribution in [0.25, 0.3) is 0 Å². The first kappa shape index (κ1) is 29.8. The van der Waals surface area contributed by atoms with E-state index in [1.165, 1.54) is 35.2 Å². The number of nitrogens with zero attached hydrogens (tertiary/aromatic N) is 1. The molecule has 0 N–H and O–H groups in total. The van der Waals surface area contributed by atoms with Crippen molar-refractivity contribution in [1.82, 2.24) is 4.90 Å². The number of hydrogen-bond donors (Lipinski definition) is 0. The van der Waals surface area contributed by atoms with Crippen LogP contribution in [-0.4, -0.2) is 39.3 Å². The molecule has 0 radical (unpaired) electrons. The fourth-order valence-electron chi connectivity index (χ4n) is 3.71. The maximum atomic E-state index is 15.1. The highest BCUT2D eigenvalue weighted by Crippen LogP contribution is 2.37. The van der Waals surface area contributed by atoms with E-state index in [1.54, 1.807) is 0 Å². The molecule has 3 aromatic rings. The van der Waals surface area contributed by atoms with Gasteiger partial charge >= 0.3 is 6.18 Å². The lowest BCUT2D eigenvalue weighted by Gasteiger charge is -2.28. The van der Waals surface area contributed by atoms with Crippen molar-refractivity contribution < 1.29 is 39.5 Å². The Kier molecular flexibility index (Phi) is 9.38. The van der Waals surface area contributed by atoms with Crippen molar-refractivity contribution in [2.75, 3.05) is 26.0 Å². The van der Waals surface area contributed by atoms with Gasteiger partial charge in [0.15, 0.2) is 9.84 Å². The molecule has 0 fully saturated rings. The van der Waals surface area contributed by atoms with Crippen LogP contribution in [-0.2, 0) is 28.5 Å². The Hall–Kier alpha value is -2.76. The summed E-state index contributed by atoms with van der Waals surface area (Å²) in [6.07, 6.45) is -3.49. The van der Waals surface area contributed by atoms with E-state index in [4.69, 9.17) is 16.3 Å². The number of hydrogen-bond acceptors (Lipinski definition) is 4. The second-order valence-electron chi connectivity index (χ2n) is 8.65. The summed E-state index contributed by atoms with van der Waals surface area (Å²) in [6, 6.07) is 12.7. The van der Waals surface area contributed by atoms with Crippen LogP contribution in [0.2, 0.25) is 5.02 Å². The van der Waals surface area contributed by atoms with Gasteiger partial charge in [0.2, 0.25) is 0 Å².